The summed E-state index contributed by atoms with van der Waals surface area (Å²) in [7, 11) is 0. The van der Waals surface area contributed by atoms with Crippen LogP contribution in [0.1, 0.15) is 54.5 Å². The Kier molecular flexibility index (Phi) is 2.28. The first-order chi connectivity index (χ1) is 7.96. The first-order valence-corrected chi connectivity index (χ1v) is 6.09. The monoisotopic (exact) mass is 244 g/mol. The second kappa shape index (κ2) is 3.50. The molecule has 1 aromatic rings. The minimum atomic E-state index is -4.18. The summed E-state index contributed by atoms with van der Waals surface area (Å²) in [5.74, 6) is 0.735. The molecule has 1 heterocycles. The smallest absolute Gasteiger partial charge is 0.260 e. The van der Waals surface area contributed by atoms with Crippen molar-refractivity contribution in [2.24, 2.45) is 0 Å². The Morgan fingerprint density at radius 2 is 1.76 bits per heavy atom. The summed E-state index contributed by atoms with van der Waals surface area (Å²) in [5, 5.41) is 4.22. The lowest BCUT2D eigenvalue weighted by molar-refractivity contribution is -0.143. The molecule has 0 aliphatic heterocycles. The molecule has 0 unspecified atom stereocenters. The van der Waals surface area contributed by atoms with Gasteiger partial charge in [-0.1, -0.05) is 0 Å². The molecular formula is C12H15F3N2. The van der Waals surface area contributed by atoms with Crippen LogP contribution >= 0.6 is 0 Å². The summed E-state index contributed by atoms with van der Waals surface area (Å²) in [6, 6.07) is 0. The van der Waals surface area contributed by atoms with E-state index in [4.69, 9.17) is 0 Å². The van der Waals surface area contributed by atoms with Gasteiger partial charge >= 0.3 is 6.18 Å². The Morgan fingerprint density at radius 1 is 1.18 bits per heavy atom. The molecular weight excluding hydrogens is 229 g/mol. The third-order valence-corrected chi connectivity index (χ3v) is 3.53. The van der Waals surface area contributed by atoms with Gasteiger partial charge in [0.25, 0.3) is 0 Å². The third-order valence-electron chi connectivity index (χ3n) is 3.53. The van der Waals surface area contributed by atoms with E-state index >= 15 is 0 Å². The second-order valence-corrected chi connectivity index (χ2v) is 5.22. The van der Waals surface area contributed by atoms with Gasteiger partial charge in [0.15, 0.2) is 0 Å². The van der Waals surface area contributed by atoms with Gasteiger partial charge in [-0.3, -0.25) is 4.68 Å². The lowest BCUT2D eigenvalue weighted by Gasteiger charge is -2.10. The van der Waals surface area contributed by atoms with Crippen molar-refractivity contribution in [3.8, 4) is 0 Å². The van der Waals surface area contributed by atoms with Gasteiger partial charge in [0.05, 0.1) is 5.69 Å². The Morgan fingerprint density at radius 3 is 2.24 bits per heavy atom. The molecule has 2 saturated carbocycles. The third kappa shape index (κ3) is 2.19. The topological polar surface area (TPSA) is 17.8 Å². The van der Waals surface area contributed by atoms with Crippen LogP contribution in [0.3, 0.4) is 0 Å². The number of halogens is 3. The van der Waals surface area contributed by atoms with Gasteiger partial charge in [-0.15, -0.1) is 0 Å². The fourth-order valence-electron chi connectivity index (χ4n) is 2.49. The Hall–Kier alpha value is -1.00. The molecule has 0 aromatic carbocycles. The van der Waals surface area contributed by atoms with Crippen LogP contribution in [0.4, 0.5) is 13.2 Å². The predicted molar refractivity (Wildman–Crippen MR) is 57.0 cm³/mol. The molecule has 0 bridgehead atoms. The summed E-state index contributed by atoms with van der Waals surface area (Å²) in [4.78, 5) is 0. The van der Waals surface area contributed by atoms with Crippen LogP contribution < -0.4 is 0 Å². The Bertz CT molecular complexity index is 439. The molecule has 0 radical (unpaired) electrons. The zero-order valence-corrected chi connectivity index (χ0v) is 9.72. The lowest BCUT2D eigenvalue weighted by atomic mass is 10.1. The molecule has 0 saturated heterocycles. The molecule has 2 nitrogen and oxygen atoms in total. The van der Waals surface area contributed by atoms with Crippen molar-refractivity contribution >= 4 is 0 Å². The molecule has 2 aliphatic rings. The van der Waals surface area contributed by atoms with Crippen molar-refractivity contribution < 1.29 is 13.2 Å². The SMILES string of the molecule is Cc1c(C2CC2)nn(CC(F)(F)F)c1C1CC1. The molecule has 0 spiro atoms. The normalized spacial score (nSPS) is 20.9. The maximum Gasteiger partial charge on any atom is 0.408 e. The van der Waals surface area contributed by atoms with Gasteiger partial charge in [-0.2, -0.15) is 18.3 Å². The van der Waals surface area contributed by atoms with E-state index in [0.29, 0.717) is 11.8 Å². The summed E-state index contributed by atoms with van der Waals surface area (Å²) in [5.41, 5.74) is 2.76. The average Bonchev–Trinajstić information content (AvgIpc) is 3.07. The van der Waals surface area contributed by atoms with E-state index < -0.39 is 12.7 Å². The van der Waals surface area contributed by atoms with Crippen LogP contribution in [0.25, 0.3) is 0 Å². The van der Waals surface area contributed by atoms with Crippen LogP contribution in [0.2, 0.25) is 0 Å². The van der Waals surface area contributed by atoms with Crippen molar-refractivity contribution in [1.82, 2.24) is 9.78 Å². The number of aromatic nitrogens is 2. The van der Waals surface area contributed by atoms with Gasteiger partial charge in [0.2, 0.25) is 0 Å². The molecule has 0 amide bonds. The first-order valence-electron chi connectivity index (χ1n) is 6.09. The predicted octanol–water partition coefficient (Wildman–Crippen LogP) is 3.51. The summed E-state index contributed by atoms with van der Waals surface area (Å²) >= 11 is 0. The maximum atomic E-state index is 12.5. The van der Waals surface area contributed by atoms with E-state index in [1.165, 1.54) is 4.68 Å². The molecule has 0 atom stereocenters. The first kappa shape index (κ1) is 11.1. The molecule has 3 rings (SSSR count). The number of alkyl halides is 3. The molecule has 2 aliphatic carbocycles. The number of rotatable bonds is 3. The number of hydrogen-bond donors (Lipinski definition) is 0. The lowest BCUT2D eigenvalue weighted by Crippen LogP contribution is -2.20. The average molecular weight is 244 g/mol. The van der Waals surface area contributed by atoms with Crippen molar-refractivity contribution in [2.75, 3.05) is 0 Å². The van der Waals surface area contributed by atoms with Gasteiger partial charge in [0, 0.05) is 17.5 Å². The highest BCUT2D eigenvalue weighted by atomic mass is 19.4. The minimum absolute atomic E-state index is 0.317. The van der Waals surface area contributed by atoms with Crippen LogP contribution in [-0.2, 0) is 6.54 Å². The van der Waals surface area contributed by atoms with Crippen LogP contribution in [0.5, 0.6) is 0 Å². The van der Waals surface area contributed by atoms with Gasteiger partial charge in [0.1, 0.15) is 6.54 Å². The van der Waals surface area contributed by atoms with Gasteiger partial charge in [-0.25, -0.2) is 0 Å². The fraction of sp³-hybridized carbons (Fsp3) is 0.750. The van der Waals surface area contributed by atoms with Crippen LogP contribution in [-0.4, -0.2) is 16.0 Å². The molecule has 94 valence electrons. The van der Waals surface area contributed by atoms with Crippen molar-refractivity contribution in [1.29, 1.82) is 0 Å². The molecule has 0 N–H and O–H groups in total. The quantitative estimate of drug-likeness (QED) is 0.795. The van der Waals surface area contributed by atoms with Gasteiger partial charge in [-0.05, 0) is 38.2 Å². The van der Waals surface area contributed by atoms with E-state index in [1.54, 1.807) is 0 Å². The summed E-state index contributed by atoms with van der Waals surface area (Å²) < 4.78 is 38.7. The van der Waals surface area contributed by atoms with Gasteiger partial charge < -0.3 is 0 Å². The standard InChI is InChI=1S/C12H15F3N2/c1-7-10(8-2-3-8)16-17(6-12(13,14)15)11(7)9-4-5-9/h8-9H,2-6H2,1H3. The van der Waals surface area contributed by atoms with E-state index in [-0.39, 0.29) is 0 Å². The van der Waals surface area contributed by atoms with Crippen molar-refractivity contribution in [3.63, 3.8) is 0 Å². The molecule has 1 aromatic heterocycles. The van der Waals surface area contributed by atoms with Crippen LogP contribution in [0.15, 0.2) is 0 Å². The minimum Gasteiger partial charge on any atom is -0.260 e. The number of nitrogens with zero attached hydrogens (tertiary/aromatic N) is 2. The summed E-state index contributed by atoms with van der Waals surface area (Å²) in [6.07, 6.45) is -0.00608. The molecule has 2 fully saturated rings. The molecule has 17 heavy (non-hydrogen) atoms. The zero-order chi connectivity index (χ0) is 12.2. The zero-order valence-electron chi connectivity index (χ0n) is 9.72. The van der Waals surface area contributed by atoms with Crippen molar-refractivity contribution in [2.45, 2.75) is 57.2 Å². The number of hydrogen-bond acceptors (Lipinski definition) is 1. The highest BCUT2D eigenvalue weighted by Crippen LogP contribution is 2.47. The second-order valence-electron chi connectivity index (χ2n) is 5.22. The van der Waals surface area contributed by atoms with E-state index in [1.807, 2.05) is 6.92 Å². The maximum absolute atomic E-state index is 12.5. The Labute approximate surface area is 97.8 Å². The van der Waals surface area contributed by atoms with E-state index in [9.17, 15) is 13.2 Å². The molecule has 5 heteroatoms. The largest absolute Gasteiger partial charge is 0.408 e. The Balaban J connectivity index is 1.97. The summed E-state index contributed by atoms with van der Waals surface area (Å²) in [6.45, 7) is 0.994. The van der Waals surface area contributed by atoms with E-state index in [2.05, 4.69) is 5.10 Å². The fourth-order valence-corrected chi connectivity index (χ4v) is 2.49. The highest BCUT2D eigenvalue weighted by molar-refractivity contribution is 5.34. The van der Waals surface area contributed by atoms with E-state index in [0.717, 1.165) is 42.6 Å². The highest BCUT2D eigenvalue weighted by Gasteiger charge is 2.38. The van der Waals surface area contributed by atoms with Crippen molar-refractivity contribution in [3.05, 3.63) is 17.0 Å². The van der Waals surface area contributed by atoms with Crippen LogP contribution in [0, 0.1) is 6.92 Å².